The number of carbonyl (C=O) groups is 1. The Morgan fingerprint density at radius 2 is 1.76 bits per heavy atom. The molecule has 0 aromatic heterocycles. The monoisotopic (exact) mass is 340 g/mol. The van der Waals surface area contributed by atoms with E-state index in [1.165, 1.54) is 0 Å². The van der Waals surface area contributed by atoms with E-state index in [0.717, 1.165) is 23.2 Å². The van der Waals surface area contributed by atoms with Crippen LogP contribution in [0.4, 0.5) is 5.69 Å². The summed E-state index contributed by atoms with van der Waals surface area (Å²) in [5, 5.41) is 12.8. The molecule has 4 nitrogen and oxygen atoms in total. The van der Waals surface area contributed by atoms with Crippen molar-refractivity contribution in [2.75, 3.05) is 19.0 Å². The van der Waals surface area contributed by atoms with Crippen LogP contribution in [-0.4, -0.2) is 30.7 Å². The summed E-state index contributed by atoms with van der Waals surface area (Å²) in [5.41, 5.74) is 3.19. The number of rotatable bonds is 7. The molecule has 1 amide bonds. The molecule has 4 heteroatoms. The van der Waals surface area contributed by atoms with E-state index < -0.39 is 5.60 Å². The second-order valence-electron chi connectivity index (χ2n) is 7.26. The summed E-state index contributed by atoms with van der Waals surface area (Å²) in [7, 11) is 3.99. The molecule has 0 saturated heterocycles. The molecule has 25 heavy (non-hydrogen) atoms. The topological polar surface area (TPSA) is 52.6 Å². The van der Waals surface area contributed by atoms with Crippen molar-refractivity contribution < 1.29 is 9.90 Å². The second-order valence-corrected chi connectivity index (χ2v) is 7.26. The van der Waals surface area contributed by atoms with Crippen molar-refractivity contribution in [2.45, 2.75) is 38.8 Å². The number of hydrogen-bond acceptors (Lipinski definition) is 3. The predicted octanol–water partition coefficient (Wildman–Crippen LogP) is 3.39. The molecule has 0 atom stereocenters. The molecule has 0 radical (unpaired) electrons. The molecule has 0 aliphatic heterocycles. The van der Waals surface area contributed by atoms with Gasteiger partial charge in [-0.3, -0.25) is 4.79 Å². The Labute approximate surface area is 150 Å². The minimum Gasteiger partial charge on any atom is -0.390 e. The summed E-state index contributed by atoms with van der Waals surface area (Å²) < 4.78 is 0. The third-order valence-corrected chi connectivity index (χ3v) is 4.09. The molecule has 0 bridgehead atoms. The number of anilines is 1. The van der Waals surface area contributed by atoms with E-state index in [1.54, 1.807) is 13.8 Å². The van der Waals surface area contributed by atoms with Crippen LogP contribution < -0.4 is 10.2 Å². The standard InChI is InChI=1S/C21H28N2O2/c1-21(2,25)12-11-16-7-5-9-18(13-16)20(24)22-15-17-8-6-10-19(14-17)23(3)4/h5-10,13-14,25H,11-12,15H2,1-4H3,(H,22,24). The molecule has 0 aliphatic rings. The number of hydrogen-bond donors (Lipinski definition) is 2. The Morgan fingerprint density at radius 1 is 1.08 bits per heavy atom. The molecule has 0 saturated carbocycles. The van der Waals surface area contributed by atoms with Crippen molar-refractivity contribution in [3.05, 3.63) is 65.2 Å². The van der Waals surface area contributed by atoms with E-state index in [0.29, 0.717) is 18.5 Å². The van der Waals surface area contributed by atoms with Crippen molar-refractivity contribution in [3.63, 3.8) is 0 Å². The average Bonchev–Trinajstić information content (AvgIpc) is 2.58. The molecule has 0 fully saturated rings. The molecule has 0 spiro atoms. The van der Waals surface area contributed by atoms with Crippen molar-refractivity contribution in [1.82, 2.24) is 5.32 Å². The third kappa shape index (κ3) is 6.24. The van der Waals surface area contributed by atoms with Crippen molar-refractivity contribution in [1.29, 1.82) is 0 Å². The zero-order valence-electron chi connectivity index (χ0n) is 15.5. The van der Waals surface area contributed by atoms with Crippen LogP contribution in [0.25, 0.3) is 0 Å². The van der Waals surface area contributed by atoms with Crippen LogP contribution in [0.5, 0.6) is 0 Å². The zero-order valence-corrected chi connectivity index (χ0v) is 15.5. The van der Waals surface area contributed by atoms with E-state index in [9.17, 15) is 9.90 Å². The first-order valence-electron chi connectivity index (χ1n) is 8.60. The fraction of sp³-hybridized carbons (Fsp3) is 0.381. The van der Waals surface area contributed by atoms with Gasteiger partial charge in [0.1, 0.15) is 0 Å². The molecule has 134 valence electrons. The minimum atomic E-state index is -0.699. The fourth-order valence-electron chi connectivity index (χ4n) is 2.55. The molecule has 2 N–H and O–H groups in total. The van der Waals surface area contributed by atoms with Gasteiger partial charge in [0.05, 0.1) is 5.60 Å². The van der Waals surface area contributed by atoms with E-state index in [4.69, 9.17) is 0 Å². The first kappa shape index (κ1) is 19.0. The summed E-state index contributed by atoms with van der Waals surface area (Å²) in [6.45, 7) is 4.09. The molecule has 2 rings (SSSR count). The zero-order chi connectivity index (χ0) is 18.4. The highest BCUT2D eigenvalue weighted by Crippen LogP contribution is 2.15. The van der Waals surface area contributed by atoms with Gasteiger partial charge in [0.2, 0.25) is 0 Å². The predicted molar refractivity (Wildman–Crippen MR) is 103 cm³/mol. The quantitative estimate of drug-likeness (QED) is 0.812. The highest BCUT2D eigenvalue weighted by Gasteiger charge is 2.13. The van der Waals surface area contributed by atoms with Gasteiger partial charge in [-0.2, -0.15) is 0 Å². The number of aryl methyl sites for hydroxylation is 1. The van der Waals surface area contributed by atoms with Crippen molar-refractivity contribution in [2.24, 2.45) is 0 Å². The summed E-state index contributed by atoms with van der Waals surface area (Å²) in [6, 6.07) is 15.7. The van der Waals surface area contributed by atoms with Gasteiger partial charge in [-0.25, -0.2) is 0 Å². The Balaban J connectivity index is 1.98. The van der Waals surface area contributed by atoms with Crippen LogP contribution in [0.2, 0.25) is 0 Å². The summed E-state index contributed by atoms with van der Waals surface area (Å²) >= 11 is 0. The number of nitrogens with one attached hydrogen (secondary N) is 1. The molecule has 0 aliphatic carbocycles. The lowest BCUT2D eigenvalue weighted by molar-refractivity contribution is 0.0714. The average molecular weight is 340 g/mol. The maximum absolute atomic E-state index is 12.4. The van der Waals surface area contributed by atoms with Crippen LogP contribution in [0.15, 0.2) is 48.5 Å². The van der Waals surface area contributed by atoms with Gasteiger partial charge in [0.15, 0.2) is 0 Å². The van der Waals surface area contributed by atoms with Gasteiger partial charge < -0.3 is 15.3 Å². The second kappa shape index (κ2) is 8.17. The third-order valence-electron chi connectivity index (χ3n) is 4.09. The number of nitrogens with zero attached hydrogens (tertiary/aromatic N) is 1. The van der Waals surface area contributed by atoms with Gasteiger partial charge in [0.25, 0.3) is 5.91 Å². The van der Waals surface area contributed by atoms with Crippen molar-refractivity contribution >= 4 is 11.6 Å². The van der Waals surface area contributed by atoms with Gasteiger partial charge >= 0.3 is 0 Å². The van der Waals surface area contributed by atoms with Crippen LogP contribution >= 0.6 is 0 Å². The van der Waals surface area contributed by atoms with E-state index in [1.807, 2.05) is 61.5 Å². The van der Waals surface area contributed by atoms with Crippen LogP contribution in [0, 0.1) is 0 Å². The first-order chi connectivity index (χ1) is 11.7. The lowest BCUT2D eigenvalue weighted by Crippen LogP contribution is -2.23. The molecule has 2 aromatic rings. The maximum Gasteiger partial charge on any atom is 0.251 e. The normalized spacial score (nSPS) is 11.2. The molecular formula is C21H28N2O2. The van der Waals surface area contributed by atoms with Crippen molar-refractivity contribution in [3.8, 4) is 0 Å². The van der Waals surface area contributed by atoms with Gasteiger partial charge in [0, 0.05) is 31.9 Å². The molecule has 0 heterocycles. The number of aliphatic hydroxyl groups is 1. The largest absolute Gasteiger partial charge is 0.390 e. The highest BCUT2D eigenvalue weighted by atomic mass is 16.3. The Bertz CT molecular complexity index is 718. The minimum absolute atomic E-state index is 0.0830. The summed E-state index contributed by atoms with van der Waals surface area (Å²) in [4.78, 5) is 14.5. The Morgan fingerprint density at radius 3 is 2.44 bits per heavy atom. The van der Waals surface area contributed by atoms with E-state index >= 15 is 0 Å². The maximum atomic E-state index is 12.4. The molecule has 2 aromatic carbocycles. The number of amides is 1. The smallest absolute Gasteiger partial charge is 0.251 e. The lowest BCUT2D eigenvalue weighted by Gasteiger charge is -2.17. The lowest BCUT2D eigenvalue weighted by atomic mass is 9.98. The summed E-state index contributed by atoms with van der Waals surface area (Å²) in [6.07, 6.45) is 1.41. The van der Waals surface area contributed by atoms with Gasteiger partial charge in [-0.05, 0) is 62.1 Å². The van der Waals surface area contributed by atoms with Crippen LogP contribution in [-0.2, 0) is 13.0 Å². The van der Waals surface area contributed by atoms with Crippen LogP contribution in [0.3, 0.4) is 0 Å². The summed E-state index contributed by atoms with van der Waals surface area (Å²) in [5.74, 6) is -0.0830. The van der Waals surface area contributed by atoms with E-state index in [-0.39, 0.29) is 5.91 Å². The van der Waals surface area contributed by atoms with Crippen LogP contribution in [0.1, 0.15) is 41.8 Å². The van der Waals surface area contributed by atoms with Gasteiger partial charge in [-0.15, -0.1) is 0 Å². The molecular weight excluding hydrogens is 312 g/mol. The van der Waals surface area contributed by atoms with Gasteiger partial charge in [-0.1, -0.05) is 24.3 Å². The number of carbonyl (C=O) groups excluding carboxylic acids is 1. The molecule has 0 unspecified atom stereocenters. The first-order valence-corrected chi connectivity index (χ1v) is 8.60. The fourth-order valence-corrected chi connectivity index (χ4v) is 2.55. The Kier molecular flexibility index (Phi) is 6.21. The Hall–Kier alpha value is -2.33. The SMILES string of the molecule is CN(C)c1cccc(CNC(=O)c2cccc(CCC(C)(C)O)c2)c1. The van der Waals surface area contributed by atoms with E-state index in [2.05, 4.69) is 11.4 Å². The number of benzene rings is 2. The highest BCUT2D eigenvalue weighted by molar-refractivity contribution is 5.94.